The van der Waals surface area contributed by atoms with Crippen LogP contribution < -0.4 is 10.1 Å². The minimum absolute atomic E-state index is 0.0843. The summed E-state index contributed by atoms with van der Waals surface area (Å²) in [6, 6.07) is 7.40. The first-order chi connectivity index (χ1) is 11.4. The molecular weight excluding hydrogens is 309 g/mol. The molecule has 2 rings (SSSR count). The van der Waals surface area contributed by atoms with Crippen LogP contribution in [0.25, 0.3) is 0 Å². The molecule has 0 bridgehead atoms. The first kappa shape index (κ1) is 18.0. The molecule has 5 nitrogen and oxygen atoms in total. The summed E-state index contributed by atoms with van der Waals surface area (Å²) in [6.07, 6.45) is 0. The van der Waals surface area contributed by atoms with Crippen LogP contribution >= 0.6 is 0 Å². The molecule has 0 saturated heterocycles. The van der Waals surface area contributed by atoms with E-state index in [2.05, 4.69) is 10.4 Å². The van der Waals surface area contributed by atoms with Gasteiger partial charge >= 0.3 is 0 Å². The van der Waals surface area contributed by atoms with Crippen molar-refractivity contribution in [2.75, 3.05) is 13.2 Å². The quantitative estimate of drug-likeness (QED) is 0.793. The molecular formula is C18H24FN3O2. The molecule has 0 saturated carbocycles. The van der Waals surface area contributed by atoms with Gasteiger partial charge in [-0.25, -0.2) is 4.39 Å². The number of amides is 1. The largest absolute Gasteiger partial charge is 0.492 e. The summed E-state index contributed by atoms with van der Waals surface area (Å²) in [5, 5.41) is 7.31. The Kier molecular flexibility index (Phi) is 5.95. The Morgan fingerprint density at radius 3 is 2.50 bits per heavy atom. The van der Waals surface area contributed by atoms with Crippen molar-refractivity contribution in [3.63, 3.8) is 0 Å². The third kappa shape index (κ3) is 4.57. The van der Waals surface area contributed by atoms with Crippen molar-refractivity contribution in [1.82, 2.24) is 15.1 Å². The lowest BCUT2D eigenvalue weighted by molar-refractivity contribution is -0.126. The maximum absolute atomic E-state index is 12.8. The van der Waals surface area contributed by atoms with Crippen molar-refractivity contribution in [2.45, 2.75) is 33.7 Å². The van der Waals surface area contributed by atoms with Crippen LogP contribution in [0.5, 0.6) is 5.75 Å². The van der Waals surface area contributed by atoms with Gasteiger partial charge in [0.1, 0.15) is 24.2 Å². The Bertz CT molecular complexity index is 680. The van der Waals surface area contributed by atoms with Gasteiger partial charge in [0.15, 0.2) is 0 Å². The highest BCUT2D eigenvalue weighted by molar-refractivity contribution is 5.80. The van der Waals surface area contributed by atoms with Gasteiger partial charge in [-0.05, 0) is 50.1 Å². The van der Waals surface area contributed by atoms with E-state index in [0.717, 1.165) is 11.4 Å². The summed E-state index contributed by atoms with van der Waals surface area (Å²) in [6.45, 7) is 8.54. The van der Waals surface area contributed by atoms with Crippen molar-refractivity contribution in [3.05, 3.63) is 47.5 Å². The van der Waals surface area contributed by atoms with Gasteiger partial charge in [0.05, 0.1) is 12.2 Å². The molecule has 2 aromatic rings. The Morgan fingerprint density at radius 1 is 1.29 bits per heavy atom. The number of benzene rings is 1. The number of nitrogens with one attached hydrogen (secondary N) is 1. The number of nitrogens with zero attached hydrogens (tertiary/aromatic N) is 2. The Labute approximate surface area is 141 Å². The van der Waals surface area contributed by atoms with Gasteiger partial charge < -0.3 is 10.1 Å². The van der Waals surface area contributed by atoms with E-state index >= 15 is 0 Å². The van der Waals surface area contributed by atoms with Crippen LogP contribution in [0.1, 0.15) is 31.3 Å². The second-order valence-electron chi connectivity index (χ2n) is 6.15. The van der Waals surface area contributed by atoms with E-state index in [1.807, 2.05) is 33.8 Å². The lowest BCUT2D eigenvalue weighted by Crippen LogP contribution is -2.38. The first-order valence-corrected chi connectivity index (χ1v) is 8.07. The van der Waals surface area contributed by atoms with E-state index < -0.39 is 0 Å². The molecule has 130 valence electrons. The smallest absolute Gasteiger partial charge is 0.245 e. The average Bonchev–Trinajstić information content (AvgIpc) is 2.84. The number of ether oxygens (including phenoxy) is 1. The second-order valence-corrected chi connectivity index (χ2v) is 6.15. The maximum Gasteiger partial charge on any atom is 0.245 e. The van der Waals surface area contributed by atoms with Gasteiger partial charge in [0.25, 0.3) is 0 Å². The summed E-state index contributed by atoms with van der Waals surface area (Å²) in [5.41, 5.74) is 1.86. The fraction of sp³-hybridized carbons (Fsp3) is 0.444. The molecule has 1 amide bonds. The fourth-order valence-corrected chi connectivity index (χ4v) is 2.60. The molecule has 1 N–H and O–H groups in total. The SMILES string of the molecule is Cc1cc(C)n([C@@H](C(=O)NCCOc2ccc(F)cc2)C(C)C)n1. The predicted molar refractivity (Wildman–Crippen MR) is 90.5 cm³/mol. The second kappa shape index (κ2) is 7.95. The fourth-order valence-electron chi connectivity index (χ4n) is 2.60. The van der Waals surface area contributed by atoms with E-state index in [1.54, 1.807) is 16.8 Å². The van der Waals surface area contributed by atoms with Gasteiger partial charge in [-0.3, -0.25) is 9.48 Å². The number of carbonyl (C=O) groups is 1. The van der Waals surface area contributed by atoms with E-state index in [4.69, 9.17) is 4.74 Å². The van der Waals surface area contributed by atoms with Gasteiger partial charge in [-0.1, -0.05) is 13.8 Å². The third-order valence-corrected chi connectivity index (χ3v) is 3.69. The lowest BCUT2D eigenvalue weighted by Gasteiger charge is -2.22. The summed E-state index contributed by atoms with van der Waals surface area (Å²) in [7, 11) is 0. The molecule has 0 spiro atoms. The molecule has 0 aliphatic heterocycles. The zero-order valence-corrected chi connectivity index (χ0v) is 14.5. The van der Waals surface area contributed by atoms with Crippen LogP contribution in [0.2, 0.25) is 0 Å². The number of halogens is 1. The highest BCUT2D eigenvalue weighted by atomic mass is 19.1. The molecule has 6 heteroatoms. The van der Waals surface area contributed by atoms with Crippen molar-refractivity contribution in [2.24, 2.45) is 5.92 Å². The number of aromatic nitrogens is 2. The summed E-state index contributed by atoms with van der Waals surface area (Å²) >= 11 is 0. The molecule has 24 heavy (non-hydrogen) atoms. The molecule has 1 aromatic carbocycles. The molecule has 0 aliphatic carbocycles. The average molecular weight is 333 g/mol. The van der Waals surface area contributed by atoms with Crippen LogP contribution in [-0.2, 0) is 4.79 Å². The minimum atomic E-state index is -0.357. The Hall–Kier alpha value is -2.37. The number of hydrogen-bond acceptors (Lipinski definition) is 3. The van der Waals surface area contributed by atoms with Gasteiger partial charge in [-0.2, -0.15) is 5.10 Å². The number of aryl methyl sites for hydroxylation is 2. The first-order valence-electron chi connectivity index (χ1n) is 8.07. The molecule has 1 aromatic heterocycles. The van der Waals surface area contributed by atoms with Crippen molar-refractivity contribution >= 4 is 5.91 Å². The van der Waals surface area contributed by atoms with E-state index in [-0.39, 0.29) is 23.7 Å². The van der Waals surface area contributed by atoms with Crippen LogP contribution in [-0.4, -0.2) is 28.8 Å². The number of hydrogen-bond donors (Lipinski definition) is 1. The van der Waals surface area contributed by atoms with Crippen LogP contribution in [0.3, 0.4) is 0 Å². The van der Waals surface area contributed by atoms with Crippen molar-refractivity contribution < 1.29 is 13.9 Å². The van der Waals surface area contributed by atoms with Gasteiger partial charge in [0, 0.05) is 5.69 Å². The molecule has 0 radical (unpaired) electrons. The molecule has 1 atom stereocenters. The highest BCUT2D eigenvalue weighted by Crippen LogP contribution is 2.20. The van der Waals surface area contributed by atoms with E-state index in [1.165, 1.54) is 12.1 Å². The molecule has 0 fully saturated rings. The highest BCUT2D eigenvalue weighted by Gasteiger charge is 2.26. The number of carbonyl (C=O) groups excluding carboxylic acids is 1. The van der Waals surface area contributed by atoms with E-state index in [9.17, 15) is 9.18 Å². The normalized spacial score (nSPS) is 12.2. The van der Waals surface area contributed by atoms with Crippen LogP contribution in [0.15, 0.2) is 30.3 Å². The summed E-state index contributed by atoms with van der Waals surface area (Å²) in [4.78, 5) is 12.5. The van der Waals surface area contributed by atoms with Crippen molar-refractivity contribution in [1.29, 1.82) is 0 Å². The maximum atomic E-state index is 12.8. The minimum Gasteiger partial charge on any atom is -0.492 e. The Balaban J connectivity index is 1.89. The van der Waals surface area contributed by atoms with Crippen LogP contribution in [0, 0.1) is 25.6 Å². The molecule has 0 aliphatic rings. The zero-order chi connectivity index (χ0) is 17.7. The predicted octanol–water partition coefficient (Wildman–Crippen LogP) is 3.03. The zero-order valence-electron chi connectivity index (χ0n) is 14.5. The topological polar surface area (TPSA) is 56.2 Å². The third-order valence-electron chi connectivity index (χ3n) is 3.69. The molecule has 0 unspecified atom stereocenters. The van der Waals surface area contributed by atoms with Crippen molar-refractivity contribution in [3.8, 4) is 5.75 Å². The lowest BCUT2D eigenvalue weighted by atomic mass is 10.0. The standard InChI is InChI=1S/C18H24FN3O2/c1-12(2)17(22-14(4)11-13(3)21-22)18(23)20-9-10-24-16-7-5-15(19)6-8-16/h5-8,11-12,17H,9-10H2,1-4H3,(H,20,23)/t17-/m1/s1. The summed E-state index contributed by atoms with van der Waals surface area (Å²) < 4.78 is 20.1. The van der Waals surface area contributed by atoms with Gasteiger partial charge in [-0.15, -0.1) is 0 Å². The summed E-state index contributed by atoms with van der Waals surface area (Å²) in [5.74, 6) is 0.296. The number of rotatable bonds is 7. The monoisotopic (exact) mass is 333 g/mol. The van der Waals surface area contributed by atoms with E-state index in [0.29, 0.717) is 18.9 Å². The molecule has 1 heterocycles. The Morgan fingerprint density at radius 2 is 1.96 bits per heavy atom. The van der Waals surface area contributed by atoms with Crippen LogP contribution in [0.4, 0.5) is 4.39 Å². The van der Waals surface area contributed by atoms with Gasteiger partial charge in [0.2, 0.25) is 5.91 Å².